The summed E-state index contributed by atoms with van der Waals surface area (Å²) in [4.78, 5) is 10.8. The van der Waals surface area contributed by atoms with Gasteiger partial charge in [-0.25, -0.2) is 4.39 Å². The Hall–Kier alpha value is -1.78. The lowest BCUT2D eigenvalue weighted by Gasteiger charge is -2.08. The third-order valence-corrected chi connectivity index (χ3v) is 1.89. The first-order valence-corrected chi connectivity index (χ1v) is 4.49. The predicted octanol–water partition coefficient (Wildman–Crippen LogP) is 1.38. The number of carbonyl (C=O) groups excluding carboxylic acids is 1. The molecule has 0 aliphatic carbocycles. The highest BCUT2D eigenvalue weighted by Gasteiger charge is 2.02. The van der Waals surface area contributed by atoms with Gasteiger partial charge in [-0.05, 0) is 18.2 Å². The van der Waals surface area contributed by atoms with Gasteiger partial charge in [0.1, 0.15) is 5.82 Å². The molecular weight excluding hydrogens is 199 g/mol. The zero-order valence-corrected chi connectivity index (χ0v) is 8.42. The van der Waals surface area contributed by atoms with E-state index in [1.54, 1.807) is 0 Å². The molecule has 0 aliphatic heterocycles. The number of hydrogen-bond donors (Lipinski definition) is 2. The molecule has 0 saturated heterocycles. The molecule has 1 rings (SSSR count). The van der Waals surface area contributed by atoms with E-state index in [1.165, 1.54) is 25.3 Å². The summed E-state index contributed by atoms with van der Waals surface area (Å²) in [6, 6.07) is 4.03. The van der Waals surface area contributed by atoms with Crippen molar-refractivity contribution in [2.75, 3.05) is 24.7 Å². The Balaban J connectivity index is 2.50. The molecule has 15 heavy (non-hydrogen) atoms. The fraction of sp³-hybridized carbons (Fsp3) is 0.300. The molecule has 0 unspecified atom stereocenters. The van der Waals surface area contributed by atoms with Crippen molar-refractivity contribution in [1.29, 1.82) is 0 Å². The van der Waals surface area contributed by atoms with E-state index >= 15 is 0 Å². The second-order valence-electron chi connectivity index (χ2n) is 2.98. The summed E-state index contributed by atoms with van der Waals surface area (Å²) in [6.07, 6.45) is 0.215. The number of hydrogen-bond acceptors (Lipinski definition) is 4. The fourth-order valence-electron chi connectivity index (χ4n) is 1.08. The monoisotopic (exact) mass is 212 g/mol. The van der Waals surface area contributed by atoms with Crippen molar-refractivity contribution in [1.82, 2.24) is 0 Å². The Labute approximate surface area is 87.2 Å². The molecule has 82 valence electrons. The highest BCUT2D eigenvalue weighted by atomic mass is 19.1. The lowest BCUT2D eigenvalue weighted by Crippen LogP contribution is -2.10. The molecule has 0 aromatic heterocycles. The van der Waals surface area contributed by atoms with Crippen LogP contribution in [0.1, 0.15) is 6.42 Å². The van der Waals surface area contributed by atoms with Gasteiger partial charge in [0, 0.05) is 6.54 Å². The number of esters is 1. The molecule has 1 aromatic carbocycles. The molecule has 1 aromatic rings. The first-order valence-electron chi connectivity index (χ1n) is 4.49. The maximum Gasteiger partial charge on any atom is 0.307 e. The van der Waals surface area contributed by atoms with E-state index in [0.29, 0.717) is 17.9 Å². The first-order chi connectivity index (χ1) is 7.13. The van der Waals surface area contributed by atoms with Crippen LogP contribution in [0.3, 0.4) is 0 Å². The van der Waals surface area contributed by atoms with Crippen molar-refractivity contribution in [3.8, 4) is 0 Å². The van der Waals surface area contributed by atoms with Gasteiger partial charge in [-0.3, -0.25) is 4.79 Å². The SMILES string of the molecule is COC(=O)CCNc1cc(F)ccc1N. The van der Waals surface area contributed by atoms with Crippen LogP contribution in [-0.4, -0.2) is 19.6 Å². The topological polar surface area (TPSA) is 64.3 Å². The van der Waals surface area contributed by atoms with Crippen LogP contribution in [0.5, 0.6) is 0 Å². The van der Waals surface area contributed by atoms with Gasteiger partial charge < -0.3 is 15.8 Å². The Morgan fingerprint density at radius 1 is 1.60 bits per heavy atom. The Bertz CT molecular complexity index is 355. The summed E-state index contributed by atoms with van der Waals surface area (Å²) in [5.41, 5.74) is 6.52. The van der Waals surface area contributed by atoms with Crippen LogP contribution >= 0.6 is 0 Å². The van der Waals surface area contributed by atoms with Gasteiger partial charge in [-0.15, -0.1) is 0 Å². The average Bonchev–Trinajstić information content (AvgIpc) is 2.23. The van der Waals surface area contributed by atoms with Gasteiger partial charge in [-0.1, -0.05) is 0 Å². The number of nitrogen functional groups attached to an aromatic ring is 1. The van der Waals surface area contributed by atoms with Crippen LogP contribution in [0.15, 0.2) is 18.2 Å². The van der Waals surface area contributed by atoms with E-state index < -0.39 is 0 Å². The molecular formula is C10H13FN2O2. The molecule has 0 bridgehead atoms. The minimum Gasteiger partial charge on any atom is -0.469 e. The predicted molar refractivity (Wildman–Crippen MR) is 55.9 cm³/mol. The number of carbonyl (C=O) groups is 1. The molecule has 0 spiro atoms. The van der Waals surface area contributed by atoms with Gasteiger partial charge in [0.25, 0.3) is 0 Å². The molecule has 0 heterocycles. The normalized spacial score (nSPS) is 9.73. The van der Waals surface area contributed by atoms with Crippen LogP contribution < -0.4 is 11.1 Å². The summed E-state index contributed by atoms with van der Waals surface area (Å²) >= 11 is 0. The molecule has 4 nitrogen and oxygen atoms in total. The zero-order valence-electron chi connectivity index (χ0n) is 8.42. The number of nitrogens with one attached hydrogen (secondary N) is 1. The summed E-state index contributed by atoms with van der Waals surface area (Å²) in [7, 11) is 1.32. The van der Waals surface area contributed by atoms with E-state index in [0.717, 1.165) is 0 Å². The van der Waals surface area contributed by atoms with Crippen molar-refractivity contribution < 1.29 is 13.9 Å². The quantitative estimate of drug-likeness (QED) is 0.584. The maximum absolute atomic E-state index is 12.8. The number of rotatable bonds is 4. The Kier molecular flexibility index (Phi) is 3.91. The highest BCUT2D eigenvalue weighted by molar-refractivity contribution is 5.71. The minimum absolute atomic E-state index is 0.215. The molecule has 0 saturated carbocycles. The average molecular weight is 212 g/mol. The van der Waals surface area contributed by atoms with Crippen molar-refractivity contribution in [2.45, 2.75) is 6.42 Å². The summed E-state index contributed by atoms with van der Waals surface area (Å²) in [5, 5.41) is 2.85. The van der Waals surface area contributed by atoms with E-state index in [-0.39, 0.29) is 18.2 Å². The number of benzene rings is 1. The number of methoxy groups -OCH3 is 1. The van der Waals surface area contributed by atoms with E-state index in [4.69, 9.17) is 5.73 Å². The van der Waals surface area contributed by atoms with Crippen molar-refractivity contribution in [3.63, 3.8) is 0 Å². The van der Waals surface area contributed by atoms with E-state index in [2.05, 4.69) is 10.1 Å². The van der Waals surface area contributed by atoms with Crippen molar-refractivity contribution in [2.24, 2.45) is 0 Å². The smallest absolute Gasteiger partial charge is 0.307 e. The molecule has 5 heteroatoms. The minimum atomic E-state index is -0.371. The molecule has 0 fully saturated rings. The largest absolute Gasteiger partial charge is 0.469 e. The lowest BCUT2D eigenvalue weighted by atomic mass is 10.2. The van der Waals surface area contributed by atoms with Crippen LogP contribution in [0.25, 0.3) is 0 Å². The molecule has 0 radical (unpaired) electrons. The van der Waals surface area contributed by atoms with Gasteiger partial charge in [0.15, 0.2) is 0 Å². The summed E-state index contributed by atoms with van der Waals surface area (Å²) in [6.45, 7) is 0.361. The number of halogens is 1. The second kappa shape index (κ2) is 5.19. The maximum atomic E-state index is 12.8. The molecule has 3 N–H and O–H groups in total. The first kappa shape index (κ1) is 11.3. The highest BCUT2D eigenvalue weighted by Crippen LogP contribution is 2.18. The molecule has 0 amide bonds. The lowest BCUT2D eigenvalue weighted by molar-refractivity contribution is -0.140. The molecule has 0 aliphatic rings. The van der Waals surface area contributed by atoms with Gasteiger partial charge in [-0.2, -0.15) is 0 Å². The van der Waals surface area contributed by atoms with Crippen LogP contribution in [0.4, 0.5) is 15.8 Å². The number of nitrogens with two attached hydrogens (primary N) is 1. The van der Waals surface area contributed by atoms with Crippen LogP contribution in [-0.2, 0) is 9.53 Å². The zero-order chi connectivity index (χ0) is 11.3. The fourth-order valence-corrected chi connectivity index (χ4v) is 1.08. The van der Waals surface area contributed by atoms with Crippen LogP contribution in [0, 0.1) is 5.82 Å². The summed E-state index contributed by atoms with van der Waals surface area (Å²) < 4.78 is 17.3. The van der Waals surface area contributed by atoms with E-state index in [1.807, 2.05) is 0 Å². The Morgan fingerprint density at radius 2 is 2.33 bits per heavy atom. The number of anilines is 2. The van der Waals surface area contributed by atoms with Crippen LogP contribution in [0.2, 0.25) is 0 Å². The van der Waals surface area contributed by atoms with E-state index in [9.17, 15) is 9.18 Å². The van der Waals surface area contributed by atoms with Crippen molar-refractivity contribution >= 4 is 17.3 Å². The third kappa shape index (κ3) is 3.46. The third-order valence-electron chi connectivity index (χ3n) is 1.89. The van der Waals surface area contributed by atoms with Gasteiger partial charge >= 0.3 is 5.97 Å². The Morgan fingerprint density at radius 3 is 3.00 bits per heavy atom. The number of ether oxygens (including phenoxy) is 1. The second-order valence-corrected chi connectivity index (χ2v) is 2.98. The van der Waals surface area contributed by atoms with Gasteiger partial charge in [0.2, 0.25) is 0 Å². The molecule has 0 atom stereocenters. The van der Waals surface area contributed by atoms with Gasteiger partial charge in [0.05, 0.1) is 24.9 Å². The van der Waals surface area contributed by atoms with Crippen molar-refractivity contribution in [3.05, 3.63) is 24.0 Å². The standard InChI is InChI=1S/C10H13FN2O2/c1-15-10(14)4-5-13-9-6-7(11)2-3-8(9)12/h2-3,6,13H,4-5,12H2,1H3. The summed E-state index contributed by atoms with van der Waals surface area (Å²) in [5.74, 6) is -0.692.